The SMILES string of the molecule is CC(CC(=O)NCC1(N2CCOCC2)CCSC1)C1CCCNC1.Cl.Cl. The number of amides is 1. The van der Waals surface area contributed by atoms with Crippen molar-refractivity contribution in [1.29, 1.82) is 0 Å². The van der Waals surface area contributed by atoms with E-state index in [0.29, 0.717) is 18.3 Å². The Morgan fingerprint density at radius 2 is 2.15 bits per heavy atom. The Bertz CT molecular complexity index is 413. The van der Waals surface area contributed by atoms with Crippen molar-refractivity contribution >= 4 is 42.5 Å². The minimum absolute atomic E-state index is 0. The smallest absolute Gasteiger partial charge is 0.220 e. The molecule has 3 fully saturated rings. The zero-order valence-corrected chi connectivity index (χ0v) is 18.3. The minimum Gasteiger partial charge on any atom is -0.379 e. The summed E-state index contributed by atoms with van der Waals surface area (Å²) < 4.78 is 5.51. The maximum atomic E-state index is 12.5. The van der Waals surface area contributed by atoms with E-state index in [-0.39, 0.29) is 36.3 Å². The predicted molar refractivity (Wildman–Crippen MR) is 114 cm³/mol. The fourth-order valence-corrected chi connectivity index (χ4v) is 5.77. The van der Waals surface area contributed by atoms with E-state index in [1.807, 2.05) is 11.8 Å². The van der Waals surface area contributed by atoms with Crippen molar-refractivity contribution in [2.75, 3.05) is 57.4 Å². The number of rotatable bonds is 6. The summed E-state index contributed by atoms with van der Waals surface area (Å²) in [7, 11) is 0. The van der Waals surface area contributed by atoms with E-state index in [4.69, 9.17) is 4.74 Å². The molecule has 1 amide bonds. The highest BCUT2D eigenvalue weighted by molar-refractivity contribution is 7.99. The van der Waals surface area contributed by atoms with Crippen LogP contribution in [0.25, 0.3) is 0 Å². The van der Waals surface area contributed by atoms with E-state index in [0.717, 1.165) is 51.7 Å². The molecule has 0 aliphatic carbocycles. The maximum absolute atomic E-state index is 12.5. The standard InChI is InChI=1S/C18H33N3O2S.2ClH/c1-15(16-3-2-5-19-12-16)11-17(22)20-13-18(4-10-24-14-18)21-6-8-23-9-7-21;;/h15-16,19H,2-14H2,1H3,(H,20,22);2*1H. The highest BCUT2D eigenvalue weighted by Gasteiger charge is 2.40. The molecular weight excluding hydrogens is 393 g/mol. The van der Waals surface area contributed by atoms with E-state index in [1.54, 1.807) is 0 Å². The molecule has 8 heteroatoms. The fourth-order valence-electron chi connectivity index (χ4n) is 4.29. The molecule has 3 saturated heterocycles. The zero-order chi connectivity index (χ0) is 16.8. The second-order valence-electron chi connectivity index (χ2n) is 7.69. The van der Waals surface area contributed by atoms with Crippen LogP contribution < -0.4 is 10.6 Å². The number of carbonyl (C=O) groups is 1. The van der Waals surface area contributed by atoms with Gasteiger partial charge in [0, 0.05) is 37.3 Å². The lowest BCUT2D eigenvalue weighted by molar-refractivity contribution is -0.123. The summed E-state index contributed by atoms with van der Waals surface area (Å²) in [5.74, 6) is 3.69. The van der Waals surface area contributed by atoms with Crippen molar-refractivity contribution < 1.29 is 9.53 Å². The van der Waals surface area contributed by atoms with Crippen LogP contribution >= 0.6 is 36.6 Å². The van der Waals surface area contributed by atoms with E-state index in [1.165, 1.54) is 25.0 Å². The van der Waals surface area contributed by atoms with Crippen LogP contribution in [0.1, 0.15) is 32.6 Å². The summed E-state index contributed by atoms with van der Waals surface area (Å²) in [6.07, 6.45) is 4.35. The molecule has 3 aliphatic heterocycles. The van der Waals surface area contributed by atoms with Crippen LogP contribution in [-0.2, 0) is 9.53 Å². The molecule has 0 spiro atoms. The van der Waals surface area contributed by atoms with Gasteiger partial charge >= 0.3 is 0 Å². The summed E-state index contributed by atoms with van der Waals surface area (Å²) in [6.45, 7) is 8.89. The summed E-state index contributed by atoms with van der Waals surface area (Å²) in [5.41, 5.74) is 0.153. The van der Waals surface area contributed by atoms with Crippen molar-refractivity contribution in [1.82, 2.24) is 15.5 Å². The van der Waals surface area contributed by atoms with Crippen LogP contribution in [-0.4, -0.2) is 73.8 Å². The van der Waals surface area contributed by atoms with Gasteiger partial charge in [-0.25, -0.2) is 0 Å². The van der Waals surface area contributed by atoms with Crippen LogP contribution in [0, 0.1) is 11.8 Å². The molecule has 3 rings (SSSR count). The Hall–Kier alpha value is 0.280. The molecule has 0 aromatic rings. The van der Waals surface area contributed by atoms with Crippen LogP contribution in [0.4, 0.5) is 0 Å². The largest absolute Gasteiger partial charge is 0.379 e. The quantitative estimate of drug-likeness (QED) is 0.679. The molecule has 0 saturated carbocycles. The van der Waals surface area contributed by atoms with Crippen LogP contribution in [0.15, 0.2) is 0 Å². The number of nitrogens with one attached hydrogen (secondary N) is 2. The average molecular weight is 428 g/mol. The molecule has 5 nitrogen and oxygen atoms in total. The van der Waals surface area contributed by atoms with Crippen LogP contribution in [0.2, 0.25) is 0 Å². The predicted octanol–water partition coefficient (Wildman–Crippen LogP) is 2.18. The monoisotopic (exact) mass is 427 g/mol. The zero-order valence-electron chi connectivity index (χ0n) is 15.8. The summed E-state index contributed by atoms with van der Waals surface area (Å²) in [4.78, 5) is 15.1. The first-order valence-electron chi connectivity index (χ1n) is 9.58. The Morgan fingerprint density at radius 3 is 2.77 bits per heavy atom. The molecule has 0 aromatic heterocycles. The second-order valence-corrected chi connectivity index (χ2v) is 8.80. The number of halogens is 2. The molecule has 3 unspecified atom stereocenters. The van der Waals surface area contributed by atoms with Gasteiger partial charge in [-0.15, -0.1) is 24.8 Å². The third-order valence-electron chi connectivity index (χ3n) is 6.03. The van der Waals surface area contributed by atoms with Crippen molar-refractivity contribution in [2.24, 2.45) is 11.8 Å². The normalized spacial score (nSPS) is 30.7. The number of ether oxygens (including phenoxy) is 1. The molecular formula is C18H35Cl2N3O2S. The van der Waals surface area contributed by atoms with Gasteiger partial charge in [0.2, 0.25) is 5.91 Å². The van der Waals surface area contributed by atoms with Crippen LogP contribution in [0.3, 0.4) is 0 Å². The van der Waals surface area contributed by atoms with Crippen molar-refractivity contribution in [3.63, 3.8) is 0 Å². The van der Waals surface area contributed by atoms with E-state index >= 15 is 0 Å². The summed E-state index contributed by atoms with van der Waals surface area (Å²) in [5, 5.41) is 6.74. The number of hydrogen-bond acceptors (Lipinski definition) is 5. The van der Waals surface area contributed by atoms with Crippen molar-refractivity contribution in [3.05, 3.63) is 0 Å². The Kier molecular flexibility index (Phi) is 11.2. The molecule has 154 valence electrons. The Labute approximate surface area is 174 Å². The van der Waals surface area contributed by atoms with E-state index < -0.39 is 0 Å². The lowest BCUT2D eigenvalue weighted by atomic mass is 9.85. The van der Waals surface area contributed by atoms with Gasteiger partial charge in [0.25, 0.3) is 0 Å². The first kappa shape index (κ1) is 24.3. The van der Waals surface area contributed by atoms with E-state index in [9.17, 15) is 4.79 Å². The van der Waals surface area contributed by atoms with Gasteiger partial charge in [-0.1, -0.05) is 6.92 Å². The van der Waals surface area contributed by atoms with Crippen molar-refractivity contribution in [2.45, 2.75) is 38.1 Å². The third kappa shape index (κ3) is 6.42. The van der Waals surface area contributed by atoms with Crippen LogP contribution in [0.5, 0.6) is 0 Å². The van der Waals surface area contributed by atoms with Gasteiger partial charge in [-0.2, -0.15) is 11.8 Å². The Balaban J connectivity index is 0.00000169. The van der Waals surface area contributed by atoms with E-state index in [2.05, 4.69) is 22.5 Å². The first-order chi connectivity index (χ1) is 11.7. The Morgan fingerprint density at radius 1 is 1.38 bits per heavy atom. The molecule has 26 heavy (non-hydrogen) atoms. The van der Waals surface area contributed by atoms with Gasteiger partial charge < -0.3 is 15.4 Å². The lowest BCUT2D eigenvalue weighted by Gasteiger charge is -2.43. The first-order valence-corrected chi connectivity index (χ1v) is 10.7. The van der Waals surface area contributed by atoms with Gasteiger partial charge in [-0.3, -0.25) is 9.69 Å². The third-order valence-corrected chi connectivity index (χ3v) is 7.26. The molecule has 0 radical (unpaired) electrons. The van der Waals surface area contributed by atoms with Crippen molar-refractivity contribution in [3.8, 4) is 0 Å². The summed E-state index contributed by atoms with van der Waals surface area (Å²) in [6, 6.07) is 0. The molecule has 3 atom stereocenters. The fraction of sp³-hybridized carbons (Fsp3) is 0.944. The summed E-state index contributed by atoms with van der Waals surface area (Å²) >= 11 is 2.02. The molecule has 2 N–H and O–H groups in total. The van der Waals surface area contributed by atoms with Gasteiger partial charge in [0.05, 0.1) is 13.2 Å². The number of carbonyl (C=O) groups excluding carboxylic acids is 1. The second kappa shape index (κ2) is 12.0. The molecule has 0 aromatic carbocycles. The topological polar surface area (TPSA) is 53.6 Å². The molecule has 0 bridgehead atoms. The lowest BCUT2D eigenvalue weighted by Crippen LogP contribution is -2.59. The van der Waals surface area contributed by atoms with Gasteiger partial charge in [0.1, 0.15) is 0 Å². The highest BCUT2D eigenvalue weighted by atomic mass is 35.5. The minimum atomic E-state index is 0. The maximum Gasteiger partial charge on any atom is 0.220 e. The number of thioether (sulfide) groups is 1. The number of nitrogens with zero attached hydrogens (tertiary/aromatic N) is 1. The highest BCUT2D eigenvalue weighted by Crippen LogP contribution is 2.33. The molecule has 3 aliphatic rings. The number of piperidine rings is 1. The van der Waals surface area contributed by atoms with Gasteiger partial charge in [0.15, 0.2) is 0 Å². The average Bonchev–Trinajstić information content (AvgIpc) is 3.12. The van der Waals surface area contributed by atoms with Gasteiger partial charge in [-0.05, 0) is 49.9 Å². The number of hydrogen-bond donors (Lipinski definition) is 2. The number of morpholine rings is 1. The molecule has 3 heterocycles.